The standard InChI is InChI=1S/C34H25FN2O3S/c35-28-13-12-24-9-8-23(16-27(24)17-28)21-37-15-14-26-18-30(41-29-4-2-1-3-5-29)19-31(32(26)37)33(38)36-20-22-6-10-25(11-7-22)34(39)40/h1-19H,20-21H2,(H,36,38)(H,39,40). The molecule has 7 heteroatoms. The van der Waals surface area contributed by atoms with Crippen LogP contribution in [-0.2, 0) is 13.1 Å². The zero-order valence-corrected chi connectivity index (χ0v) is 22.7. The number of rotatable bonds is 8. The maximum absolute atomic E-state index is 13.9. The molecule has 0 aliphatic heterocycles. The largest absolute Gasteiger partial charge is 0.478 e. The monoisotopic (exact) mass is 560 g/mol. The summed E-state index contributed by atoms with van der Waals surface area (Å²) in [5.74, 6) is -1.50. The summed E-state index contributed by atoms with van der Waals surface area (Å²) in [5, 5.41) is 14.9. The molecule has 6 aromatic rings. The Balaban J connectivity index is 1.34. The molecule has 0 saturated heterocycles. The van der Waals surface area contributed by atoms with E-state index in [-0.39, 0.29) is 23.8 Å². The zero-order valence-electron chi connectivity index (χ0n) is 21.9. The first-order chi connectivity index (χ1) is 19.9. The van der Waals surface area contributed by atoms with Crippen LogP contribution in [0.1, 0.15) is 31.8 Å². The summed E-state index contributed by atoms with van der Waals surface area (Å²) >= 11 is 1.59. The lowest BCUT2D eigenvalue weighted by Crippen LogP contribution is -2.23. The number of fused-ring (bicyclic) bond motifs is 2. The SMILES string of the molecule is O=C(O)c1ccc(CNC(=O)c2cc(Sc3ccccc3)cc3ccn(Cc4ccc5ccc(F)cc5c4)c23)cc1. The van der Waals surface area contributed by atoms with Crippen molar-refractivity contribution in [2.45, 2.75) is 22.9 Å². The number of halogens is 1. The Morgan fingerprint density at radius 3 is 2.29 bits per heavy atom. The van der Waals surface area contributed by atoms with E-state index >= 15 is 0 Å². The molecule has 6 rings (SSSR count). The van der Waals surface area contributed by atoms with Gasteiger partial charge in [-0.1, -0.05) is 60.3 Å². The first-order valence-corrected chi connectivity index (χ1v) is 13.9. The second-order valence-corrected chi connectivity index (χ2v) is 10.9. The summed E-state index contributed by atoms with van der Waals surface area (Å²) in [5.41, 5.74) is 3.34. The maximum Gasteiger partial charge on any atom is 0.335 e. The molecule has 5 nitrogen and oxygen atoms in total. The highest BCUT2D eigenvalue weighted by molar-refractivity contribution is 7.99. The number of hydrogen-bond acceptors (Lipinski definition) is 3. The molecule has 0 spiro atoms. The van der Waals surface area contributed by atoms with Gasteiger partial charge in [0.15, 0.2) is 0 Å². The predicted molar refractivity (Wildman–Crippen MR) is 160 cm³/mol. The fourth-order valence-corrected chi connectivity index (χ4v) is 5.84. The van der Waals surface area contributed by atoms with E-state index in [4.69, 9.17) is 5.11 Å². The first-order valence-electron chi connectivity index (χ1n) is 13.1. The summed E-state index contributed by atoms with van der Waals surface area (Å²) in [6.45, 7) is 0.769. The molecule has 0 bridgehead atoms. The Bertz CT molecular complexity index is 1900. The van der Waals surface area contributed by atoms with E-state index in [1.165, 1.54) is 24.3 Å². The van der Waals surface area contributed by atoms with Crippen molar-refractivity contribution < 1.29 is 19.1 Å². The van der Waals surface area contributed by atoms with Crippen LogP contribution in [-0.4, -0.2) is 21.6 Å². The quantitative estimate of drug-likeness (QED) is 0.200. The molecule has 1 aromatic heterocycles. The number of hydrogen-bond donors (Lipinski definition) is 2. The summed E-state index contributed by atoms with van der Waals surface area (Å²) in [7, 11) is 0. The second-order valence-electron chi connectivity index (χ2n) is 9.78. The third-order valence-electron chi connectivity index (χ3n) is 6.93. The molecular formula is C34H25FN2O3S. The van der Waals surface area contributed by atoms with Gasteiger partial charge in [-0.3, -0.25) is 4.79 Å². The summed E-state index contributed by atoms with van der Waals surface area (Å²) in [6.07, 6.45) is 1.97. The van der Waals surface area contributed by atoms with Crippen LogP contribution in [0.5, 0.6) is 0 Å². The van der Waals surface area contributed by atoms with Crippen molar-refractivity contribution >= 4 is 45.3 Å². The van der Waals surface area contributed by atoms with Crippen molar-refractivity contribution in [3.8, 4) is 0 Å². The summed E-state index contributed by atoms with van der Waals surface area (Å²) in [6, 6.07) is 33.2. The van der Waals surface area contributed by atoms with Crippen LogP contribution in [0.4, 0.5) is 4.39 Å². The number of carboxylic acids is 1. The molecule has 1 amide bonds. The third-order valence-corrected chi connectivity index (χ3v) is 7.91. The number of nitrogens with zero attached hydrogens (tertiary/aromatic N) is 1. The van der Waals surface area contributed by atoms with Crippen molar-refractivity contribution in [2.24, 2.45) is 0 Å². The minimum atomic E-state index is -0.993. The molecule has 0 radical (unpaired) electrons. The molecule has 0 atom stereocenters. The van der Waals surface area contributed by atoms with Gasteiger partial charge < -0.3 is 15.0 Å². The van der Waals surface area contributed by atoms with E-state index in [1.54, 1.807) is 30.0 Å². The van der Waals surface area contributed by atoms with Gasteiger partial charge in [-0.2, -0.15) is 0 Å². The Morgan fingerprint density at radius 1 is 0.756 bits per heavy atom. The van der Waals surface area contributed by atoms with Gasteiger partial charge >= 0.3 is 5.97 Å². The van der Waals surface area contributed by atoms with Crippen LogP contribution in [0.3, 0.4) is 0 Å². The molecule has 5 aromatic carbocycles. The van der Waals surface area contributed by atoms with E-state index in [1.807, 2.05) is 71.4 Å². The first kappa shape index (κ1) is 26.3. The minimum Gasteiger partial charge on any atom is -0.478 e. The van der Waals surface area contributed by atoms with E-state index < -0.39 is 5.97 Å². The summed E-state index contributed by atoms with van der Waals surface area (Å²) < 4.78 is 15.9. The molecule has 0 saturated carbocycles. The minimum absolute atomic E-state index is 0.196. The predicted octanol–water partition coefficient (Wildman–Crippen LogP) is 7.76. The van der Waals surface area contributed by atoms with Crippen LogP contribution in [0.2, 0.25) is 0 Å². The molecule has 202 valence electrons. The van der Waals surface area contributed by atoms with Gasteiger partial charge in [0.05, 0.1) is 16.6 Å². The normalized spacial score (nSPS) is 11.1. The van der Waals surface area contributed by atoms with Crippen LogP contribution in [0, 0.1) is 5.82 Å². The van der Waals surface area contributed by atoms with Gasteiger partial charge in [0, 0.05) is 34.5 Å². The maximum atomic E-state index is 13.9. The van der Waals surface area contributed by atoms with E-state index in [2.05, 4.69) is 11.4 Å². The Labute approximate surface area is 240 Å². The number of amides is 1. The van der Waals surface area contributed by atoms with Gasteiger partial charge in [-0.15, -0.1) is 0 Å². The lowest BCUT2D eigenvalue weighted by molar-refractivity contribution is 0.0696. The van der Waals surface area contributed by atoms with Gasteiger partial charge in [-0.05, 0) is 82.6 Å². The number of benzene rings is 5. The highest BCUT2D eigenvalue weighted by Gasteiger charge is 2.17. The average Bonchev–Trinajstić information content (AvgIpc) is 3.38. The highest BCUT2D eigenvalue weighted by Crippen LogP contribution is 2.33. The molecule has 0 aliphatic rings. The van der Waals surface area contributed by atoms with Gasteiger partial charge in [-0.25, -0.2) is 9.18 Å². The third kappa shape index (κ3) is 5.85. The van der Waals surface area contributed by atoms with Crippen LogP contribution >= 0.6 is 11.8 Å². The van der Waals surface area contributed by atoms with E-state index in [0.717, 1.165) is 42.6 Å². The molecule has 2 N–H and O–H groups in total. The number of nitrogens with one attached hydrogen (secondary N) is 1. The van der Waals surface area contributed by atoms with Crippen molar-refractivity contribution in [3.63, 3.8) is 0 Å². The fourth-order valence-electron chi connectivity index (χ4n) is 4.92. The van der Waals surface area contributed by atoms with Gasteiger partial charge in [0.25, 0.3) is 5.91 Å². The Kier molecular flexibility index (Phi) is 7.27. The van der Waals surface area contributed by atoms with Crippen molar-refractivity contribution in [2.75, 3.05) is 0 Å². The number of aromatic nitrogens is 1. The van der Waals surface area contributed by atoms with Gasteiger partial charge in [0.1, 0.15) is 5.82 Å². The smallest absolute Gasteiger partial charge is 0.335 e. The van der Waals surface area contributed by atoms with Crippen LogP contribution in [0.15, 0.2) is 125 Å². The molecule has 1 heterocycles. The van der Waals surface area contributed by atoms with Crippen molar-refractivity contribution in [1.82, 2.24) is 9.88 Å². The zero-order chi connectivity index (χ0) is 28.3. The van der Waals surface area contributed by atoms with E-state index in [0.29, 0.717) is 12.1 Å². The Morgan fingerprint density at radius 2 is 1.51 bits per heavy atom. The molecule has 0 unspecified atom stereocenters. The molecular weight excluding hydrogens is 535 g/mol. The van der Waals surface area contributed by atoms with Crippen molar-refractivity contribution in [3.05, 3.63) is 143 Å². The molecule has 0 fully saturated rings. The number of aromatic carboxylic acids is 1. The molecule has 0 aliphatic carbocycles. The lowest BCUT2D eigenvalue weighted by atomic mass is 10.1. The average molecular weight is 561 g/mol. The number of carbonyl (C=O) groups excluding carboxylic acids is 1. The number of carboxylic acid groups (broad SMARTS) is 1. The van der Waals surface area contributed by atoms with Crippen molar-refractivity contribution in [1.29, 1.82) is 0 Å². The lowest BCUT2D eigenvalue weighted by Gasteiger charge is -2.13. The van der Waals surface area contributed by atoms with Gasteiger partial charge in [0.2, 0.25) is 0 Å². The van der Waals surface area contributed by atoms with Crippen LogP contribution in [0.25, 0.3) is 21.7 Å². The fraction of sp³-hybridized carbons (Fsp3) is 0.0588. The molecule has 41 heavy (non-hydrogen) atoms. The van der Waals surface area contributed by atoms with Crippen LogP contribution < -0.4 is 5.32 Å². The Hall–Kier alpha value is -4.88. The van der Waals surface area contributed by atoms with E-state index in [9.17, 15) is 14.0 Å². The highest BCUT2D eigenvalue weighted by atomic mass is 32.2. The summed E-state index contributed by atoms with van der Waals surface area (Å²) in [4.78, 5) is 26.8. The number of carbonyl (C=O) groups is 2. The topological polar surface area (TPSA) is 71.3 Å². The second kappa shape index (κ2) is 11.3.